The topological polar surface area (TPSA) is 40.1 Å². The Morgan fingerprint density at radius 3 is 2.69 bits per heavy atom. The first-order valence-corrected chi connectivity index (χ1v) is 8.76. The Morgan fingerprint density at radius 2 is 2.08 bits per heavy atom. The molecule has 1 aliphatic heterocycles. The first-order chi connectivity index (χ1) is 12.3. The van der Waals surface area contributed by atoms with E-state index in [9.17, 15) is 13.2 Å². The highest BCUT2D eigenvalue weighted by atomic mass is 35.5. The lowest BCUT2D eigenvalue weighted by Crippen LogP contribution is -2.46. The maximum Gasteiger partial charge on any atom is 0.401 e. The number of guanidine groups is 1. The summed E-state index contributed by atoms with van der Waals surface area (Å²) in [6, 6.07) is 7.06. The summed E-state index contributed by atoms with van der Waals surface area (Å²) in [4.78, 5) is 7.51. The van der Waals surface area contributed by atoms with E-state index in [2.05, 4.69) is 10.3 Å². The van der Waals surface area contributed by atoms with Crippen molar-refractivity contribution >= 4 is 17.6 Å². The fourth-order valence-corrected chi connectivity index (χ4v) is 2.94. The van der Waals surface area contributed by atoms with E-state index in [1.54, 1.807) is 31.3 Å². The molecule has 1 heterocycles. The molecule has 1 fully saturated rings. The van der Waals surface area contributed by atoms with E-state index in [1.807, 2.05) is 11.9 Å². The number of likely N-dealkylation sites (N-methyl/N-ethyl adjacent to an activating group) is 1. The van der Waals surface area contributed by atoms with Crippen LogP contribution in [0.1, 0.15) is 6.42 Å². The van der Waals surface area contributed by atoms with Crippen molar-refractivity contribution in [1.82, 2.24) is 15.1 Å². The number of hydrogen-bond donors (Lipinski definition) is 1. The van der Waals surface area contributed by atoms with E-state index in [-0.39, 0.29) is 6.04 Å². The van der Waals surface area contributed by atoms with E-state index >= 15 is 0 Å². The lowest BCUT2D eigenvalue weighted by atomic mass is 10.3. The number of rotatable bonds is 6. The summed E-state index contributed by atoms with van der Waals surface area (Å²) in [5, 5.41) is 3.88. The van der Waals surface area contributed by atoms with Gasteiger partial charge in [0.05, 0.1) is 13.1 Å². The van der Waals surface area contributed by atoms with E-state index < -0.39 is 12.7 Å². The zero-order chi connectivity index (χ0) is 19.2. The molecule has 0 saturated carbocycles. The van der Waals surface area contributed by atoms with Crippen LogP contribution in [-0.2, 0) is 0 Å². The van der Waals surface area contributed by atoms with Gasteiger partial charge in [-0.25, -0.2) is 0 Å². The number of likely N-dealkylation sites (tertiary alicyclic amines) is 1. The molecule has 146 valence electrons. The zero-order valence-corrected chi connectivity index (χ0v) is 15.6. The minimum atomic E-state index is -4.16. The SMILES string of the molecule is CN=C(NC1CCN(CC(F)(F)F)C1)N(C)CCOc1ccc(Cl)cc1. The molecule has 2 rings (SSSR count). The fraction of sp³-hybridized carbons (Fsp3) is 0.588. The van der Waals surface area contributed by atoms with Crippen LogP contribution in [-0.4, -0.2) is 74.9 Å². The number of halogens is 4. The van der Waals surface area contributed by atoms with Gasteiger partial charge in [-0.15, -0.1) is 0 Å². The van der Waals surface area contributed by atoms with Crippen LogP contribution in [0.5, 0.6) is 5.75 Å². The van der Waals surface area contributed by atoms with Crippen molar-refractivity contribution in [3.63, 3.8) is 0 Å². The molecule has 0 bridgehead atoms. The molecular formula is C17H24ClF3N4O. The maximum atomic E-state index is 12.5. The second-order valence-electron chi connectivity index (χ2n) is 6.25. The van der Waals surface area contributed by atoms with Crippen LogP contribution in [0.3, 0.4) is 0 Å². The highest BCUT2D eigenvalue weighted by Crippen LogP contribution is 2.20. The number of nitrogens with zero attached hydrogens (tertiary/aromatic N) is 3. The quantitative estimate of drug-likeness (QED) is 0.597. The van der Waals surface area contributed by atoms with E-state index in [0.717, 1.165) is 5.75 Å². The van der Waals surface area contributed by atoms with Gasteiger partial charge in [0, 0.05) is 38.2 Å². The molecule has 1 N–H and O–H groups in total. The Morgan fingerprint density at radius 1 is 1.38 bits per heavy atom. The number of benzene rings is 1. The zero-order valence-electron chi connectivity index (χ0n) is 14.9. The van der Waals surface area contributed by atoms with Gasteiger partial charge < -0.3 is 15.0 Å². The Balaban J connectivity index is 1.74. The average molecular weight is 393 g/mol. The molecule has 1 saturated heterocycles. The predicted octanol–water partition coefficient (Wildman–Crippen LogP) is 2.86. The van der Waals surface area contributed by atoms with Crippen LogP contribution >= 0.6 is 11.6 Å². The third-order valence-corrected chi connectivity index (χ3v) is 4.34. The van der Waals surface area contributed by atoms with Gasteiger partial charge in [-0.1, -0.05) is 11.6 Å². The third-order valence-electron chi connectivity index (χ3n) is 4.09. The summed E-state index contributed by atoms with van der Waals surface area (Å²) in [6.45, 7) is 0.949. The van der Waals surface area contributed by atoms with E-state index in [4.69, 9.17) is 16.3 Å². The summed E-state index contributed by atoms with van der Waals surface area (Å²) >= 11 is 5.83. The normalized spacial score (nSPS) is 18.8. The Kier molecular flexibility index (Phi) is 7.40. The van der Waals surface area contributed by atoms with Crippen molar-refractivity contribution in [3.8, 4) is 5.75 Å². The minimum Gasteiger partial charge on any atom is -0.492 e. The fourth-order valence-electron chi connectivity index (χ4n) is 2.81. The van der Waals surface area contributed by atoms with Gasteiger partial charge in [0.15, 0.2) is 5.96 Å². The van der Waals surface area contributed by atoms with Crippen LogP contribution in [0.4, 0.5) is 13.2 Å². The van der Waals surface area contributed by atoms with Crippen molar-refractivity contribution in [2.45, 2.75) is 18.6 Å². The third kappa shape index (κ3) is 6.92. The first kappa shape index (κ1) is 20.6. The number of aliphatic imine (C=N–C) groups is 1. The molecule has 0 aromatic heterocycles. The molecule has 1 aromatic rings. The summed E-state index contributed by atoms with van der Waals surface area (Å²) in [6.07, 6.45) is -3.50. The molecule has 1 unspecified atom stereocenters. The number of ether oxygens (including phenoxy) is 1. The largest absolute Gasteiger partial charge is 0.492 e. The van der Waals surface area contributed by atoms with Gasteiger partial charge in [0.2, 0.25) is 0 Å². The highest BCUT2D eigenvalue weighted by molar-refractivity contribution is 6.30. The van der Waals surface area contributed by atoms with Crippen molar-refractivity contribution in [1.29, 1.82) is 0 Å². The summed E-state index contributed by atoms with van der Waals surface area (Å²) < 4.78 is 43.1. The van der Waals surface area contributed by atoms with E-state index in [0.29, 0.717) is 43.6 Å². The molecule has 0 radical (unpaired) electrons. The number of nitrogens with one attached hydrogen (secondary N) is 1. The van der Waals surface area contributed by atoms with Crippen LogP contribution in [0.2, 0.25) is 5.02 Å². The predicted molar refractivity (Wildman–Crippen MR) is 97.0 cm³/mol. The van der Waals surface area contributed by atoms with Gasteiger partial charge in [0.1, 0.15) is 12.4 Å². The van der Waals surface area contributed by atoms with Crippen molar-refractivity contribution in [2.75, 3.05) is 46.9 Å². The van der Waals surface area contributed by atoms with Gasteiger partial charge in [-0.3, -0.25) is 9.89 Å². The van der Waals surface area contributed by atoms with Crippen LogP contribution in [0, 0.1) is 0 Å². The first-order valence-electron chi connectivity index (χ1n) is 8.39. The molecule has 0 aliphatic carbocycles. The van der Waals surface area contributed by atoms with Gasteiger partial charge >= 0.3 is 6.18 Å². The molecule has 0 amide bonds. The molecule has 5 nitrogen and oxygen atoms in total. The van der Waals surface area contributed by atoms with E-state index in [1.165, 1.54) is 4.90 Å². The number of alkyl halides is 3. The second kappa shape index (κ2) is 9.32. The Labute approximate surface area is 156 Å². The lowest BCUT2D eigenvalue weighted by molar-refractivity contribution is -0.143. The smallest absolute Gasteiger partial charge is 0.401 e. The highest BCUT2D eigenvalue weighted by Gasteiger charge is 2.34. The molecule has 0 spiro atoms. The number of hydrogen-bond acceptors (Lipinski definition) is 3. The van der Waals surface area contributed by atoms with Crippen molar-refractivity contribution in [2.24, 2.45) is 4.99 Å². The molecule has 1 aromatic carbocycles. The van der Waals surface area contributed by atoms with Gasteiger partial charge in [-0.05, 0) is 30.7 Å². The van der Waals surface area contributed by atoms with Gasteiger partial charge in [0.25, 0.3) is 0 Å². The lowest BCUT2D eigenvalue weighted by Gasteiger charge is -2.25. The molecule has 9 heteroatoms. The standard InChI is InChI=1S/C17H24ClF3N4O/c1-22-16(23-14-7-8-25(11-14)12-17(19,20)21)24(2)9-10-26-15-5-3-13(18)4-6-15/h3-6,14H,7-12H2,1-2H3,(H,22,23). The summed E-state index contributed by atoms with van der Waals surface area (Å²) in [7, 11) is 3.52. The average Bonchev–Trinajstić information content (AvgIpc) is 2.99. The molecule has 1 aliphatic rings. The van der Waals surface area contributed by atoms with Crippen molar-refractivity contribution < 1.29 is 17.9 Å². The summed E-state index contributed by atoms with van der Waals surface area (Å²) in [5.41, 5.74) is 0. The monoisotopic (exact) mass is 392 g/mol. The molecule has 1 atom stereocenters. The van der Waals surface area contributed by atoms with Crippen LogP contribution in [0.25, 0.3) is 0 Å². The van der Waals surface area contributed by atoms with Crippen LogP contribution in [0.15, 0.2) is 29.3 Å². The van der Waals surface area contributed by atoms with Gasteiger partial charge in [-0.2, -0.15) is 13.2 Å². The Bertz CT molecular complexity index is 595. The minimum absolute atomic E-state index is 0.0457. The molecule has 26 heavy (non-hydrogen) atoms. The van der Waals surface area contributed by atoms with Crippen LogP contribution < -0.4 is 10.1 Å². The second-order valence-corrected chi connectivity index (χ2v) is 6.69. The summed E-state index contributed by atoms with van der Waals surface area (Å²) in [5.74, 6) is 1.37. The van der Waals surface area contributed by atoms with Crippen molar-refractivity contribution in [3.05, 3.63) is 29.3 Å². The molecular weight excluding hydrogens is 369 g/mol. The Hall–Kier alpha value is -1.67. The maximum absolute atomic E-state index is 12.5.